The summed E-state index contributed by atoms with van der Waals surface area (Å²) in [5, 5.41) is 3.24. The lowest BCUT2D eigenvalue weighted by Crippen LogP contribution is -2.34. The van der Waals surface area contributed by atoms with E-state index in [2.05, 4.69) is 10.3 Å². The van der Waals surface area contributed by atoms with E-state index in [4.69, 9.17) is 4.74 Å². The van der Waals surface area contributed by atoms with Crippen LogP contribution < -0.4 is 10.1 Å². The summed E-state index contributed by atoms with van der Waals surface area (Å²) in [5.74, 6) is -0.352. The van der Waals surface area contributed by atoms with Crippen molar-refractivity contribution in [2.24, 2.45) is 0 Å². The first-order valence-corrected chi connectivity index (χ1v) is 9.66. The first-order chi connectivity index (χ1) is 14.4. The van der Waals surface area contributed by atoms with Crippen LogP contribution in [-0.2, 0) is 19.1 Å². The Balaban J connectivity index is 1.38. The number of para-hydroxylation sites is 1. The highest BCUT2D eigenvalue weighted by atomic mass is 19.4. The second-order valence-corrected chi connectivity index (χ2v) is 7.29. The van der Waals surface area contributed by atoms with Gasteiger partial charge < -0.3 is 10.1 Å². The van der Waals surface area contributed by atoms with Gasteiger partial charge in [-0.25, -0.2) is 4.39 Å². The zero-order chi connectivity index (χ0) is 21.1. The van der Waals surface area contributed by atoms with Crippen molar-refractivity contribution < 1.29 is 22.3 Å². The summed E-state index contributed by atoms with van der Waals surface area (Å²) in [6.45, 7) is 0.919. The van der Waals surface area contributed by atoms with Gasteiger partial charge in [0.2, 0.25) is 0 Å². The molecule has 0 bridgehead atoms. The summed E-state index contributed by atoms with van der Waals surface area (Å²) in [7, 11) is 0. The molecule has 0 fully saturated rings. The van der Waals surface area contributed by atoms with E-state index in [1.165, 1.54) is 18.2 Å². The van der Waals surface area contributed by atoms with Crippen molar-refractivity contribution in [1.82, 2.24) is 10.3 Å². The van der Waals surface area contributed by atoms with Crippen molar-refractivity contribution >= 4 is 0 Å². The van der Waals surface area contributed by atoms with Crippen LogP contribution in [0.25, 0.3) is 11.1 Å². The van der Waals surface area contributed by atoms with E-state index in [9.17, 15) is 17.6 Å². The van der Waals surface area contributed by atoms with Gasteiger partial charge in [-0.15, -0.1) is 0 Å². The fourth-order valence-corrected chi connectivity index (χ4v) is 3.59. The molecule has 1 aliphatic rings. The average molecular weight is 416 g/mol. The molecule has 0 spiro atoms. The minimum atomic E-state index is -4.44. The van der Waals surface area contributed by atoms with Gasteiger partial charge in [-0.05, 0) is 53.8 Å². The maximum Gasteiger partial charge on any atom is 0.419 e. The Morgan fingerprint density at radius 2 is 1.83 bits per heavy atom. The van der Waals surface area contributed by atoms with E-state index < -0.39 is 11.7 Å². The summed E-state index contributed by atoms with van der Waals surface area (Å²) in [6, 6.07) is 12.3. The van der Waals surface area contributed by atoms with Gasteiger partial charge in [-0.3, -0.25) is 4.98 Å². The molecule has 1 unspecified atom stereocenters. The largest absolute Gasteiger partial charge is 0.488 e. The molecule has 156 valence electrons. The highest BCUT2D eigenvalue weighted by Crippen LogP contribution is 2.41. The van der Waals surface area contributed by atoms with Gasteiger partial charge in [0.15, 0.2) is 0 Å². The van der Waals surface area contributed by atoms with Gasteiger partial charge >= 0.3 is 6.18 Å². The Bertz CT molecular complexity index is 1020. The standard InChI is InChI=1S/C23H20F4N2O/c24-19-7-4-16(5-8-19)18-10-15(11-28-13-18)12-29-14-20-9-6-17-2-1-3-21(22(17)30-20)23(25,26)27/h1-5,7-8,10-11,13,20,29H,6,9,12,14H2. The average Bonchev–Trinajstić information content (AvgIpc) is 2.73. The third kappa shape index (κ3) is 4.62. The third-order valence-electron chi connectivity index (χ3n) is 5.10. The molecular formula is C23H20F4N2O. The van der Waals surface area contributed by atoms with Crippen LogP contribution in [0.4, 0.5) is 17.6 Å². The number of nitrogens with one attached hydrogen (secondary N) is 1. The Morgan fingerprint density at radius 3 is 2.60 bits per heavy atom. The lowest BCUT2D eigenvalue weighted by Gasteiger charge is -2.28. The smallest absolute Gasteiger partial charge is 0.419 e. The zero-order valence-corrected chi connectivity index (χ0v) is 16.0. The van der Waals surface area contributed by atoms with E-state index in [1.54, 1.807) is 30.6 Å². The van der Waals surface area contributed by atoms with E-state index in [0.29, 0.717) is 31.5 Å². The molecule has 1 aromatic heterocycles. The predicted molar refractivity (Wildman–Crippen MR) is 106 cm³/mol. The molecule has 0 saturated carbocycles. The molecule has 0 amide bonds. The minimum Gasteiger partial charge on any atom is -0.488 e. The molecule has 2 heterocycles. The van der Waals surface area contributed by atoms with Crippen LogP contribution in [0.2, 0.25) is 0 Å². The number of ether oxygens (including phenoxy) is 1. The van der Waals surface area contributed by atoms with Crippen LogP contribution in [0.5, 0.6) is 5.75 Å². The van der Waals surface area contributed by atoms with Gasteiger partial charge in [-0.2, -0.15) is 13.2 Å². The molecule has 30 heavy (non-hydrogen) atoms. The van der Waals surface area contributed by atoms with Crippen molar-refractivity contribution in [2.75, 3.05) is 6.54 Å². The van der Waals surface area contributed by atoms with E-state index in [0.717, 1.165) is 22.8 Å². The zero-order valence-electron chi connectivity index (χ0n) is 16.0. The molecule has 0 aliphatic carbocycles. The molecule has 0 saturated heterocycles. The monoisotopic (exact) mass is 416 g/mol. The highest BCUT2D eigenvalue weighted by molar-refractivity contribution is 5.62. The molecule has 3 nitrogen and oxygen atoms in total. The fraction of sp³-hybridized carbons (Fsp3) is 0.261. The maximum atomic E-state index is 13.3. The van der Waals surface area contributed by atoms with Crippen LogP contribution in [0.1, 0.15) is 23.1 Å². The Labute approximate surface area is 171 Å². The summed E-state index contributed by atoms with van der Waals surface area (Å²) >= 11 is 0. The molecule has 4 rings (SSSR count). The minimum absolute atomic E-state index is 0.0528. The Hall–Kier alpha value is -2.93. The number of benzene rings is 2. The lowest BCUT2D eigenvalue weighted by atomic mass is 9.98. The van der Waals surface area contributed by atoms with E-state index in [1.807, 2.05) is 6.07 Å². The van der Waals surface area contributed by atoms with Crippen molar-refractivity contribution in [3.8, 4) is 16.9 Å². The Morgan fingerprint density at radius 1 is 1.03 bits per heavy atom. The summed E-state index contributed by atoms with van der Waals surface area (Å²) in [6.07, 6.45) is -0.153. The van der Waals surface area contributed by atoms with Gasteiger partial charge in [-0.1, -0.05) is 24.3 Å². The van der Waals surface area contributed by atoms with Crippen LogP contribution in [0, 0.1) is 5.82 Å². The predicted octanol–water partition coefficient (Wildman–Crippen LogP) is 5.39. The number of aromatic nitrogens is 1. The number of rotatable bonds is 5. The van der Waals surface area contributed by atoms with Crippen LogP contribution >= 0.6 is 0 Å². The number of fused-ring (bicyclic) bond motifs is 1. The van der Waals surface area contributed by atoms with Crippen molar-refractivity contribution in [3.05, 3.63) is 83.4 Å². The number of pyridine rings is 1. The number of hydrogen-bond donors (Lipinski definition) is 1. The molecule has 1 atom stereocenters. The molecule has 1 aliphatic heterocycles. The summed E-state index contributed by atoms with van der Waals surface area (Å²) in [5.41, 5.74) is 2.52. The topological polar surface area (TPSA) is 34.2 Å². The number of nitrogens with zero attached hydrogens (tertiary/aromatic N) is 1. The van der Waals surface area contributed by atoms with Crippen molar-refractivity contribution in [1.29, 1.82) is 0 Å². The fourth-order valence-electron chi connectivity index (χ4n) is 3.59. The Kier molecular flexibility index (Phi) is 5.72. The SMILES string of the molecule is Fc1ccc(-c2cncc(CNCC3CCc4cccc(C(F)(F)F)c4O3)c2)cc1. The van der Waals surface area contributed by atoms with Gasteiger partial charge in [0, 0.05) is 31.0 Å². The van der Waals surface area contributed by atoms with E-state index >= 15 is 0 Å². The summed E-state index contributed by atoms with van der Waals surface area (Å²) in [4.78, 5) is 4.23. The van der Waals surface area contributed by atoms with Crippen LogP contribution in [0.3, 0.4) is 0 Å². The number of aryl methyl sites for hydroxylation is 1. The van der Waals surface area contributed by atoms with Gasteiger partial charge in [0.1, 0.15) is 17.7 Å². The molecule has 2 aromatic carbocycles. The number of halogens is 4. The molecular weight excluding hydrogens is 396 g/mol. The summed E-state index contributed by atoms with van der Waals surface area (Å²) < 4.78 is 58.6. The molecule has 3 aromatic rings. The molecule has 0 radical (unpaired) electrons. The molecule has 7 heteroatoms. The van der Waals surface area contributed by atoms with Gasteiger partial charge in [0.25, 0.3) is 0 Å². The quantitative estimate of drug-likeness (QED) is 0.567. The van der Waals surface area contributed by atoms with E-state index in [-0.39, 0.29) is 17.7 Å². The first-order valence-electron chi connectivity index (χ1n) is 9.66. The van der Waals surface area contributed by atoms with Crippen LogP contribution in [-0.4, -0.2) is 17.6 Å². The second-order valence-electron chi connectivity index (χ2n) is 7.29. The number of alkyl halides is 3. The van der Waals surface area contributed by atoms with Crippen molar-refractivity contribution in [2.45, 2.75) is 31.7 Å². The molecule has 1 N–H and O–H groups in total. The number of hydrogen-bond acceptors (Lipinski definition) is 3. The lowest BCUT2D eigenvalue weighted by molar-refractivity contribution is -0.139. The van der Waals surface area contributed by atoms with Gasteiger partial charge in [0.05, 0.1) is 5.56 Å². The van der Waals surface area contributed by atoms with Crippen LogP contribution in [0.15, 0.2) is 60.9 Å². The normalized spacial score (nSPS) is 16.1. The first kappa shape index (κ1) is 20.3. The maximum absolute atomic E-state index is 13.3. The second kappa shape index (κ2) is 8.44. The van der Waals surface area contributed by atoms with Crippen molar-refractivity contribution in [3.63, 3.8) is 0 Å². The highest BCUT2D eigenvalue weighted by Gasteiger charge is 2.37. The third-order valence-corrected chi connectivity index (χ3v) is 5.10.